The van der Waals surface area contributed by atoms with E-state index in [1.807, 2.05) is 38.1 Å². The van der Waals surface area contributed by atoms with Gasteiger partial charge in [0.2, 0.25) is 0 Å². The first kappa shape index (κ1) is 19.4. The highest BCUT2D eigenvalue weighted by atomic mass is 16.2. The zero-order valence-electron chi connectivity index (χ0n) is 16.7. The first-order chi connectivity index (χ1) is 13.4. The van der Waals surface area contributed by atoms with Gasteiger partial charge in [-0.2, -0.15) is 0 Å². The van der Waals surface area contributed by atoms with Gasteiger partial charge in [0.1, 0.15) is 0 Å². The molecule has 5 nitrogen and oxygen atoms in total. The molecule has 0 aliphatic carbocycles. The molecule has 0 unspecified atom stereocenters. The Balaban J connectivity index is 1.81. The van der Waals surface area contributed by atoms with Crippen LogP contribution in [0.4, 0.5) is 5.69 Å². The van der Waals surface area contributed by atoms with E-state index < -0.39 is 0 Å². The summed E-state index contributed by atoms with van der Waals surface area (Å²) in [5.41, 5.74) is 4.91. The first-order valence-electron chi connectivity index (χ1n) is 9.20. The quantitative estimate of drug-likeness (QED) is 0.730. The van der Waals surface area contributed by atoms with E-state index in [4.69, 9.17) is 0 Å². The van der Waals surface area contributed by atoms with Gasteiger partial charge >= 0.3 is 0 Å². The molecule has 3 rings (SSSR count). The summed E-state index contributed by atoms with van der Waals surface area (Å²) in [5.74, 6) is -0.279. The van der Waals surface area contributed by atoms with E-state index >= 15 is 0 Å². The fourth-order valence-corrected chi connectivity index (χ4v) is 3.23. The predicted octanol–water partition coefficient (Wildman–Crippen LogP) is 4.11. The second kappa shape index (κ2) is 8.13. The lowest BCUT2D eigenvalue weighted by molar-refractivity contribution is 0.0827. The lowest BCUT2D eigenvalue weighted by Crippen LogP contribution is -2.22. The van der Waals surface area contributed by atoms with Gasteiger partial charge in [0.05, 0.1) is 5.56 Å². The van der Waals surface area contributed by atoms with Crippen LogP contribution in [0.5, 0.6) is 0 Å². The van der Waals surface area contributed by atoms with Gasteiger partial charge in [-0.05, 0) is 43.7 Å². The van der Waals surface area contributed by atoms with Crippen molar-refractivity contribution in [3.8, 4) is 0 Å². The second-order valence-electron chi connectivity index (χ2n) is 7.09. The first-order valence-corrected chi connectivity index (χ1v) is 9.20. The average molecular weight is 375 g/mol. The van der Waals surface area contributed by atoms with Crippen LogP contribution in [0.3, 0.4) is 0 Å². The summed E-state index contributed by atoms with van der Waals surface area (Å²) in [5, 5.41) is 2.91. The Morgan fingerprint density at radius 3 is 2.36 bits per heavy atom. The maximum atomic E-state index is 12.8. The molecule has 1 heterocycles. The molecule has 0 atom stereocenters. The number of nitrogens with one attached hydrogen (secondary N) is 1. The summed E-state index contributed by atoms with van der Waals surface area (Å²) in [4.78, 5) is 26.5. The molecule has 0 aliphatic rings. The van der Waals surface area contributed by atoms with Gasteiger partial charge in [0.25, 0.3) is 11.8 Å². The number of aryl methyl sites for hydroxylation is 1. The Morgan fingerprint density at radius 2 is 1.68 bits per heavy atom. The summed E-state index contributed by atoms with van der Waals surface area (Å²) >= 11 is 0. The lowest BCUT2D eigenvalue weighted by Gasteiger charge is -2.12. The molecular formula is C23H25N3O2. The molecule has 2 amide bonds. The van der Waals surface area contributed by atoms with Gasteiger partial charge in [-0.3, -0.25) is 9.59 Å². The van der Waals surface area contributed by atoms with Crippen LogP contribution in [0.2, 0.25) is 0 Å². The number of hydrogen-bond donors (Lipinski definition) is 1. The largest absolute Gasteiger partial charge is 0.345 e. The number of aromatic nitrogens is 1. The SMILES string of the molecule is Cc1cc(C(=O)Nc2cccc(C(=O)N(C)C)c2)c(C)n1Cc1ccccc1. The van der Waals surface area contributed by atoms with Crippen LogP contribution in [0.1, 0.15) is 37.7 Å². The maximum Gasteiger partial charge on any atom is 0.257 e. The second-order valence-corrected chi connectivity index (χ2v) is 7.09. The number of carbonyl (C=O) groups is 2. The number of amides is 2. The third-order valence-corrected chi connectivity index (χ3v) is 4.78. The summed E-state index contributed by atoms with van der Waals surface area (Å²) in [6.45, 7) is 4.68. The fraction of sp³-hybridized carbons (Fsp3) is 0.217. The smallest absolute Gasteiger partial charge is 0.257 e. The monoisotopic (exact) mass is 375 g/mol. The highest BCUT2D eigenvalue weighted by Crippen LogP contribution is 2.20. The van der Waals surface area contributed by atoms with Crippen LogP contribution in [0.25, 0.3) is 0 Å². The van der Waals surface area contributed by atoms with Crippen molar-refractivity contribution < 1.29 is 9.59 Å². The molecule has 1 N–H and O–H groups in total. The van der Waals surface area contributed by atoms with E-state index in [2.05, 4.69) is 22.0 Å². The fourth-order valence-electron chi connectivity index (χ4n) is 3.23. The lowest BCUT2D eigenvalue weighted by atomic mass is 10.1. The van der Waals surface area contributed by atoms with Gasteiger partial charge < -0.3 is 14.8 Å². The van der Waals surface area contributed by atoms with E-state index in [1.165, 1.54) is 10.5 Å². The molecule has 0 spiro atoms. The Bertz CT molecular complexity index is 1000. The highest BCUT2D eigenvalue weighted by molar-refractivity contribution is 6.06. The Hall–Kier alpha value is -3.34. The zero-order chi connectivity index (χ0) is 20.3. The van der Waals surface area contributed by atoms with Crippen LogP contribution < -0.4 is 5.32 Å². The van der Waals surface area contributed by atoms with E-state index in [9.17, 15) is 9.59 Å². The van der Waals surface area contributed by atoms with Crippen molar-refractivity contribution in [1.82, 2.24) is 9.47 Å². The number of rotatable bonds is 5. The van der Waals surface area contributed by atoms with Crippen molar-refractivity contribution in [2.75, 3.05) is 19.4 Å². The van der Waals surface area contributed by atoms with Crippen LogP contribution in [0.15, 0.2) is 60.7 Å². The van der Waals surface area contributed by atoms with Gasteiger partial charge in [-0.1, -0.05) is 36.4 Å². The topological polar surface area (TPSA) is 54.3 Å². The highest BCUT2D eigenvalue weighted by Gasteiger charge is 2.17. The number of anilines is 1. The van der Waals surface area contributed by atoms with Gasteiger partial charge in [-0.15, -0.1) is 0 Å². The molecule has 144 valence electrons. The molecule has 0 fully saturated rings. The van der Waals surface area contributed by atoms with E-state index in [0.29, 0.717) is 16.8 Å². The normalized spacial score (nSPS) is 10.6. The third kappa shape index (κ3) is 4.14. The molecule has 3 aromatic rings. The van der Waals surface area contributed by atoms with Crippen molar-refractivity contribution in [3.05, 3.63) is 88.7 Å². The van der Waals surface area contributed by atoms with Crippen molar-refractivity contribution >= 4 is 17.5 Å². The molecule has 1 aromatic heterocycles. The zero-order valence-corrected chi connectivity index (χ0v) is 16.7. The molecule has 0 saturated heterocycles. The summed E-state index contributed by atoms with van der Waals surface area (Å²) in [6, 6.07) is 19.1. The molecule has 5 heteroatoms. The van der Waals surface area contributed by atoms with E-state index in [-0.39, 0.29) is 11.8 Å². The minimum Gasteiger partial charge on any atom is -0.345 e. The molecule has 28 heavy (non-hydrogen) atoms. The Kier molecular flexibility index (Phi) is 5.64. The summed E-state index contributed by atoms with van der Waals surface area (Å²) in [6.07, 6.45) is 0. The molecule has 0 bridgehead atoms. The third-order valence-electron chi connectivity index (χ3n) is 4.78. The van der Waals surface area contributed by atoms with Crippen LogP contribution >= 0.6 is 0 Å². The summed E-state index contributed by atoms with van der Waals surface area (Å²) in [7, 11) is 3.41. The summed E-state index contributed by atoms with van der Waals surface area (Å²) < 4.78 is 2.14. The molecule has 0 aliphatic heterocycles. The average Bonchev–Trinajstić information content (AvgIpc) is 2.96. The van der Waals surface area contributed by atoms with E-state index in [1.54, 1.807) is 38.4 Å². The minimum atomic E-state index is -0.179. The van der Waals surface area contributed by atoms with Gasteiger partial charge in [-0.25, -0.2) is 0 Å². The van der Waals surface area contributed by atoms with Crippen LogP contribution in [-0.4, -0.2) is 35.4 Å². The van der Waals surface area contributed by atoms with Crippen molar-refractivity contribution in [1.29, 1.82) is 0 Å². The standard InChI is InChI=1S/C23H25N3O2/c1-16-13-21(17(2)26(16)15-18-9-6-5-7-10-18)22(27)24-20-12-8-11-19(14-20)23(28)25(3)4/h5-14H,15H2,1-4H3,(H,24,27). The Labute approximate surface area is 165 Å². The molecule has 0 saturated carbocycles. The molecular weight excluding hydrogens is 350 g/mol. The van der Waals surface area contributed by atoms with E-state index in [0.717, 1.165) is 17.9 Å². The number of hydrogen-bond acceptors (Lipinski definition) is 2. The molecule has 0 radical (unpaired) electrons. The number of benzene rings is 2. The van der Waals surface area contributed by atoms with Gasteiger partial charge in [0.15, 0.2) is 0 Å². The van der Waals surface area contributed by atoms with Crippen LogP contribution in [-0.2, 0) is 6.54 Å². The van der Waals surface area contributed by atoms with Crippen LogP contribution in [0, 0.1) is 13.8 Å². The number of nitrogens with zero attached hydrogens (tertiary/aromatic N) is 2. The van der Waals surface area contributed by atoms with Crippen molar-refractivity contribution in [3.63, 3.8) is 0 Å². The molecule has 2 aromatic carbocycles. The predicted molar refractivity (Wildman–Crippen MR) is 112 cm³/mol. The number of carbonyl (C=O) groups excluding carboxylic acids is 2. The van der Waals surface area contributed by atoms with Crippen molar-refractivity contribution in [2.24, 2.45) is 0 Å². The van der Waals surface area contributed by atoms with Crippen molar-refractivity contribution in [2.45, 2.75) is 20.4 Å². The minimum absolute atomic E-state index is 0.0999. The van der Waals surface area contributed by atoms with Gasteiger partial charge in [0, 0.05) is 43.3 Å². The maximum absolute atomic E-state index is 12.8. The Morgan fingerprint density at radius 1 is 0.964 bits per heavy atom.